The highest BCUT2D eigenvalue weighted by Gasteiger charge is 2.29. The van der Waals surface area contributed by atoms with Gasteiger partial charge in [0.15, 0.2) is 0 Å². The lowest BCUT2D eigenvalue weighted by Gasteiger charge is -2.30. The first-order valence-electron chi connectivity index (χ1n) is 6.43. The van der Waals surface area contributed by atoms with Gasteiger partial charge >= 0.3 is 0 Å². The third-order valence-electron chi connectivity index (χ3n) is 3.70. The van der Waals surface area contributed by atoms with E-state index in [1.165, 1.54) is 0 Å². The number of hydrogen-bond acceptors (Lipinski definition) is 3. The zero-order valence-electron chi connectivity index (χ0n) is 11.5. The third-order valence-corrected chi connectivity index (χ3v) is 3.70. The summed E-state index contributed by atoms with van der Waals surface area (Å²) in [5.74, 6) is 0.0612. The Morgan fingerprint density at radius 3 is 2.94 bits per heavy atom. The Morgan fingerprint density at radius 2 is 2.28 bits per heavy atom. The summed E-state index contributed by atoms with van der Waals surface area (Å²) in [6, 6.07) is -0.0296. The predicted octanol–water partition coefficient (Wildman–Crippen LogP) is 0.975. The van der Waals surface area contributed by atoms with Crippen LogP contribution in [-0.2, 0) is 17.8 Å². The van der Waals surface area contributed by atoms with Gasteiger partial charge < -0.3 is 10.3 Å². The minimum atomic E-state index is -0.175. The van der Waals surface area contributed by atoms with E-state index in [0.29, 0.717) is 13.0 Å². The maximum Gasteiger partial charge on any atom is 0.237 e. The van der Waals surface area contributed by atoms with Gasteiger partial charge in [0.25, 0.3) is 0 Å². The highest BCUT2D eigenvalue weighted by Crippen LogP contribution is 2.19. The molecule has 1 amide bonds. The van der Waals surface area contributed by atoms with E-state index in [-0.39, 0.29) is 23.4 Å². The van der Waals surface area contributed by atoms with Crippen molar-refractivity contribution in [1.82, 2.24) is 20.6 Å². The molecule has 1 aliphatic rings. The van der Waals surface area contributed by atoms with E-state index in [2.05, 4.69) is 41.4 Å². The van der Waals surface area contributed by atoms with Crippen LogP contribution in [0.2, 0.25) is 0 Å². The fourth-order valence-electron chi connectivity index (χ4n) is 1.88. The maximum absolute atomic E-state index is 12.2. The van der Waals surface area contributed by atoms with Crippen molar-refractivity contribution in [3.8, 4) is 0 Å². The number of carbonyl (C=O) groups is 1. The summed E-state index contributed by atoms with van der Waals surface area (Å²) in [6.07, 6.45) is 2.34. The van der Waals surface area contributed by atoms with Crippen molar-refractivity contribution in [2.45, 2.75) is 52.7 Å². The minimum absolute atomic E-state index is 0.0612. The van der Waals surface area contributed by atoms with Crippen LogP contribution in [-0.4, -0.2) is 28.0 Å². The molecular weight excluding hydrogens is 228 g/mol. The van der Waals surface area contributed by atoms with E-state index in [1.807, 2.05) is 6.92 Å². The number of fused-ring (bicyclic) bond motifs is 1. The number of amides is 1. The van der Waals surface area contributed by atoms with E-state index >= 15 is 0 Å². The molecule has 0 aromatic carbocycles. The third kappa shape index (κ3) is 2.72. The highest BCUT2D eigenvalue weighted by atomic mass is 16.2. The second-order valence-electron chi connectivity index (χ2n) is 6.06. The van der Waals surface area contributed by atoms with Gasteiger partial charge in [0, 0.05) is 19.0 Å². The molecule has 0 spiro atoms. The molecule has 2 unspecified atom stereocenters. The Morgan fingerprint density at radius 1 is 1.56 bits per heavy atom. The van der Waals surface area contributed by atoms with E-state index in [9.17, 15) is 4.79 Å². The summed E-state index contributed by atoms with van der Waals surface area (Å²) in [6.45, 7) is 9.09. The Hall–Kier alpha value is -1.36. The number of nitrogens with one attached hydrogen (secondary N) is 3. The summed E-state index contributed by atoms with van der Waals surface area (Å²) < 4.78 is 0. The van der Waals surface area contributed by atoms with Crippen LogP contribution in [0.15, 0.2) is 6.33 Å². The normalized spacial score (nSPS) is 21.2. The molecule has 1 aliphatic heterocycles. The Bertz CT molecular complexity index is 432. The van der Waals surface area contributed by atoms with Crippen LogP contribution in [0.1, 0.15) is 39.1 Å². The number of carbonyl (C=O) groups excluding carboxylic acids is 1. The number of aromatic amines is 1. The molecule has 3 N–H and O–H groups in total. The van der Waals surface area contributed by atoms with Gasteiger partial charge in [0.1, 0.15) is 0 Å². The topological polar surface area (TPSA) is 69.8 Å². The van der Waals surface area contributed by atoms with Crippen LogP contribution in [0.25, 0.3) is 0 Å². The van der Waals surface area contributed by atoms with E-state index < -0.39 is 0 Å². The zero-order valence-corrected chi connectivity index (χ0v) is 11.5. The largest absolute Gasteiger partial charge is 0.352 e. The molecule has 1 aromatic rings. The number of rotatable bonds is 2. The number of hydrogen-bond donors (Lipinski definition) is 3. The van der Waals surface area contributed by atoms with Crippen LogP contribution in [0.4, 0.5) is 0 Å². The molecule has 5 heteroatoms. The Kier molecular flexibility index (Phi) is 3.43. The summed E-state index contributed by atoms with van der Waals surface area (Å²) in [5, 5.41) is 6.31. The van der Waals surface area contributed by atoms with Gasteiger partial charge in [0.05, 0.1) is 23.8 Å². The van der Waals surface area contributed by atoms with Gasteiger partial charge in [-0.05, 0) is 12.3 Å². The van der Waals surface area contributed by atoms with Crippen molar-refractivity contribution in [3.63, 3.8) is 0 Å². The molecule has 0 radical (unpaired) electrons. The highest BCUT2D eigenvalue weighted by molar-refractivity contribution is 5.82. The fourth-order valence-corrected chi connectivity index (χ4v) is 1.88. The molecule has 2 heterocycles. The second-order valence-corrected chi connectivity index (χ2v) is 6.06. The summed E-state index contributed by atoms with van der Waals surface area (Å²) in [4.78, 5) is 19.5. The first-order valence-corrected chi connectivity index (χ1v) is 6.43. The van der Waals surface area contributed by atoms with Gasteiger partial charge in [0.2, 0.25) is 5.91 Å². The second kappa shape index (κ2) is 4.72. The zero-order chi connectivity index (χ0) is 13.3. The molecule has 2 atom stereocenters. The van der Waals surface area contributed by atoms with Crippen molar-refractivity contribution in [1.29, 1.82) is 0 Å². The smallest absolute Gasteiger partial charge is 0.237 e. The number of nitrogens with zero attached hydrogens (tertiary/aromatic N) is 1. The average molecular weight is 250 g/mol. The molecule has 0 saturated carbocycles. The van der Waals surface area contributed by atoms with Crippen LogP contribution >= 0.6 is 0 Å². The summed E-state index contributed by atoms with van der Waals surface area (Å²) in [7, 11) is 0. The molecule has 18 heavy (non-hydrogen) atoms. The molecule has 2 rings (SSSR count). The average Bonchev–Trinajstić information content (AvgIpc) is 2.74. The van der Waals surface area contributed by atoms with Gasteiger partial charge in [-0.2, -0.15) is 0 Å². The maximum atomic E-state index is 12.2. The molecule has 0 bridgehead atoms. The lowest BCUT2D eigenvalue weighted by Crippen LogP contribution is -2.52. The molecular formula is C13H22N4O. The number of H-pyrrole nitrogens is 1. The fraction of sp³-hybridized carbons (Fsp3) is 0.692. The van der Waals surface area contributed by atoms with Crippen molar-refractivity contribution in [3.05, 3.63) is 17.7 Å². The van der Waals surface area contributed by atoms with E-state index in [4.69, 9.17) is 0 Å². The first kappa shape index (κ1) is 13.1. The van der Waals surface area contributed by atoms with Gasteiger partial charge in [-0.15, -0.1) is 0 Å². The van der Waals surface area contributed by atoms with Crippen molar-refractivity contribution in [2.24, 2.45) is 5.41 Å². The monoisotopic (exact) mass is 250 g/mol. The lowest BCUT2D eigenvalue weighted by molar-refractivity contribution is -0.124. The van der Waals surface area contributed by atoms with Crippen LogP contribution in [0.3, 0.4) is 0 Å². The van der Waals surface area contributed by atoms with Gasteiger partial charge in [-0.1, -0.05) is 20.8 Å². The van der Waals surface area contributed by atoms with Crippen LogP contribution in [0.5, 0.6) is 0 Å². The van der Waals surface area contributed by atoms with Crippen molar-refractivity contribution in [2.75, 3.05) is 0 Å². The first-order chi connectivity index (χ1) is 8.38. The van der Waals surface area contributed by atoms with Gasteiger partial charge in [-0.25, -0.2) is 4.98 Å². The standard InChI is InChI=1S/C13H22N4O/c1-8(13(2,3)4)17-12(18)10-5-9-11(6-14-10)16-7-15-9/h7-8,10,14H,5-6H2,1-4H3,(H,15,16)(H,17,18). The molecule has 0 fully saturated rings. The molecule has 5 nitrogen and oxygen atoms in total. The van der Waals surface area contributed by atoms with Crippen molar-refractivity contribution < 1.29 is 4.79 Å². The summed E-state index contributed by atoms with van der Waals surface area (Å²) in [5.41, 5.74) is 2.15. The van der Waals surface area contributed by atoms with Crippen LogP contribution in [0, 0.1) is 5.41 Å². The van der Waals surface area contributed by atoms with Crippen LogP contribution < -0.4 is 10.6 Å². The van der Waals surface area contributed by atoms with Gasteiger partial charge in [-0.3, -0.25) is 10.1 Å². The minimum Gasteiger partial charge on any atom is -0.352 e. The summed E-state index contributed by atoms with van der Waals surface area (Å²) >= 11 is 0. The molecule has 1 aromatic heterocycles. The molecule has 0 saturated heterocycles. The number of imidazole rings is 1. The predicted molar refractivity (Wildman–Crippen MR) is 70.0 cm³/mol. The Balaban J connectivity index is 1.96. The van der Waals surface area contributed by atoms with Crippen molar-refractivity contribution >= 4 is 5.91 Å². The molecule has 0 aliphatic carbocycles. The Labute approximate surface area is 108 Å². The van der Waals surface area contributed by atoms with E-state index in [0.717, 1.165) is 11.4 Å². The lowest BCUT2D eigenvalue weighted by atomic mass is 9.88. The SMILES string of the molecule is CC(NC(=O)C1Cc2nc[nH]c2CN1)C(C)(C)C. The number of aromatic nitrogens is 2. The molecule has 100 valence electrons. The quantitative estimate of drug-likeness (QED) is 0.732. The van der Waals surface area contributed by atoms with E-state index in [1.54, 1.807) is 6.33 Å².